The molecule has 0 aliphatic carbocycles. The zero-order valence-corrected chi connectivity index (χ0v) is 9.24. The third kappa shape index (κ3) is 2.30. The summed E-state index contributed by atoms with van der Waals surface area (Å²) in [6.45, 7) is 0. The Morgan fingerprint density at radius 3 is 2.69 bits per heavy atom. The molecule has 0 aliphatic rings. The fourth-order valence-electron chi connectivity index (χ4n) is 1.11. The third-order valence-electron chi connectivity index (χ3n) is 1.74. The van der Waals surface area contributed by atoms with E-state index >= 15 is 0 Å². The van der Waals surface area contributed by atoms with Crippen molar-refractivity contribution in [3.63, 3.8) is 0 Å². The molecule has 1 rings (SSSR count). The fraction of sp³-hybridized carbons (Fsp3) is 0.250. The molecule has 0 aromatic carbocycles. The van der Waals surface area contributed by atoms with Crippen molar-refractivity contribution >= 4 is 21.6 Å². The summed E-state index contributed by atoms with van der Waals surface area (Å²) >= 11 is 2.90. The van der Waals surface area contributed by atoms with Gasteiger partial charge in [0.1, 0.15) is 23.0 Å². The molecule has 8 heteroatoms. The van der Waals surface area contributed by atoms with E-state index in [4.69, 9.17) is 5.26 Å². The van der Waals surface area contributed by atoms with Crippen molar-refractivity contribution < 1.29 is 13.7 Å². The molecule has 1 aromatic rings. The smallest absolute Gasteiger partial charge is 0.258 e. The van der Waals surface area contributed by atoms with E-state index in [1.165, 1.54) is 6.07 Å². The highest BCUT2D eigenvalue weighted by Gasteiger charge is 2.24. The highest BCUT2D eigenvalue weighted by Crippen LogP contribution is 2.28. The SMILES string of the molecule is N#Cc1cc(C(F)F)nc(CBr)c1[N+](=O)[O-]. The molecule has 0 spiro atoms. The van der Waals surface area contributed by atoms with Crippen molar-refractivity contribution in [2.75, 3.05) is 0 Å². The lowest BCUT2D eigenvalue weighted by molar-refractivity contribution is -0.386. The normalized spacial score (nSPS) is 10.2. The van der Waals surface area contributed by atoms with Gasteiger partial charge in [0.15, 0.2) is 0 Å². The Morgan fingerprint density at radius 1 is 1.69 bits per heavy atom. The molecule has 0 radical (unpaired) electrons. The van der Waals surface area contributed by atoms with Crippen LogP contribution in [0.3, 0.4) is 0 Å². The number of aromatic nitrogens is 1. The van der Waals surface area contributed by atoms with Crippen LogP contribution in [0.1, 0.15) is 23.4 Å². The zero-order chi connectivity index (χ0) is 12.3. The summed E-state index contributed by atoms with van der Waals surface area (Å²) in [6.07, 6.45) is -2.87. The van der Waals surface area contributed by atoms with Crippen LogP contribution >= 0.6 is 15.9 Å². The lowest BCUT2D eigenvalue weighted by atomic mass is 10.1. The molecule has 0 N–H and O–H groups in total. The Bertz CT molecular complexity index is 473. The van der Waals surface area contributed by atoms with Crippen molar-refractivity contribution in [2.24, 2.45) is 0 Å². The summed E-state index contributed by atoms with van der Waals surface area (Å²) in [6, 6.07) is 2.24. The summed E-state index contributed by atoms with van der Waals surface area (Å²) in [5.41, 5.74) is -1.77. The van der Waals surface area contributed by atoms with Gasteiger partial charge in [0.05, 0.1) is 10.3 Å². The fourth-order valence-corrected chi connectivity index (χ4v) is 1.50. The monoisotopic (exact) mass is 291 g/mol. The maximum Gasteiger partial charge on any atom is 0.309 e. The average Bonchev–Trinajstić information content (AvgIpc) is 2.26. The van der Waals surface area contributed by atoms with E-state index < -0.39 is 28.3 Å². The lowest BCUT2D eigenvalue weighted by Gasteiger charge is -2.04. The highest BCUT2D eigenvalue weighted by molar-refractivity contribution is 9.08. The second kappa shape index (κ2) is 4.94. The van der Waals surface area contributed by atoms with Gasteiger partial charge in [-0.25, -0.2) is 13.8 Å². The first-order chi connectivity index (χ1) is 7.51. The molecule has 0 unspecified atom stereocenters. The van der Waals surface area contributed by atoms with Crippen LogP contribution in [0.4, 0.5) is 14.5 Å². The van der Waals surface area contributed by atoms with Crippen molar-refractivity contribution in [3.05, 3.63) is 33.1 Å². The van der Waals surface area contributed by atoms with E-state index in [1.807, 2.05) is 0 Å². The minimum Gasteiger partial charge on any atom is -0.258 e. The van der Waals surface area contributed by atoms with Crippen LogP contribution in [-0.2, 0) is 5.33 Å². The van der Waals surface area contributed by atoms with Crippen molar-refractivity contribution in [1.29, 1.82) is 5.26 Å². The van der Waals surface area contributed by atoms with E-state index in [0.717, 1.165) is 6.07 Å². The summed E-state index contributed by atoms with van der Waals surface area (Å²) in [5, 5.41) is 19.2. The van der Waals surface area contributed by atoms with Gasteiger partial charge < -0.3 is 0 Å². The number of halogens is 3. The number of nitrogens with zero attached hydrogens (tertiary/aromatic N) is 3. The van der Waals surface area contributed by atoms with E-state index in [0.29, 0.717) is 0 Å². The first kappa shape index (κ1) is 12.4. The number of hydrogen-bond donors (Lipinski definition) is 0. The van der Waals surface area contributed by atoms with Gasteiger partial charge in [-0.3, -0.25) is 10.1 Å². The van der Waals surface area contributed by atoms with Gasteiger partial charge >= 0.3 is 5.69 Å². The van der Waals surface area contributed by atoms with Gasteiger partial charge in [0.2, 0.25) is 0 Å². The van der Waals surface area contributed by atoms with Crippen LogP contribution in [0.2, 0.25) is 0 Å². The molecule has 0 saturated heterocycles. The predicted molar refractivity (Wildman–Crippen MR) is 53.2 cm³/mol. The highest BCUT2D eigenvalue weighted by atomic mass is 79.9. The minimum atomic E-state index is -2.87. The molecule has 5 nitrogen and oxygen atoms in total. The molecule has 0 atom stereocenters. The summed E-state index contributed by atoms with van der Waals surface area (Å²) < 4.78 is 24.8. The maximum absolute atomic E-state index is 12.4. The molecule has 0 aliphatic heterocycles. The molecular formula is C8H4BrF2N3O2. The summed E-state index contributed by atoms with van der Waals surface area (Å²) in [7, 11) is 0. The second-order valence-electron chi connectivity index (χ2n) is 2.69. The Kier molecular flexibility index (Phi) is 3.84. The maximum atomic E-state index is 12.4. The molecule has 1 aromatic heterocycles. The average molecular weight is 292 g/mol. The quantitative estimate of drug-likeness (QED) is 0.487. The topological polar surface area (TPSA) is 79.8 Å². The predicted octanol–water partition coefficient (Wildman–Crippen LogP) is 2.69. The number of nitro groups is 1. The van der Waals surface area contributed by atoms with Crippen LogP contribution in [0.5, 0.6) is 0 Å². The zero-order valence-electron chi connectivity index (χ0n) is 7.65. The van der Waals surface area contributed by atoms with Gasteiger partial charge in [-0.2, -0.15) is 5.26 Å². The number of pyridine rings is 1. The van der Waals surface area contributed by atoms with Gasteiger partial charge in [-0.1, -0.05) is 15.9 Å². The van der Waals surface area contributed by atoms with Crippen LogP contribution in [-0.4, -0.2) is 9.91 Å². The van der Waals surface area contributed by atoms with Crippen molar-refractivity contribution in [2.45, 2.75) is 11.8 Å². The Hall–Kier alpha value is -1.62. The molecule has 0 saturated carbocycles. The van der Waals surface area contributed by atoms with E-state index in [-0.39, 0.29) is 11.0 Å². The Labute approximate surface area is 97.0 Å². The number of alkyl halides is 3. The number of hydrogen-bond acceptors (Lipinski definition) is 4. The molecule has 1 heterocycles. The molecule has 16 heavy (non-hydrogen) atoms. The van der Waals surface area contributed by atoms with E-state index in [1.54, 1.807) is 0 Å². The Balaban J connectivity index is 3.51. The molecular weight excluding hydrogens is 288 g/mol. The third-order valence-corrected chi connectivity index (χ3v) is 2.27. The van der Waals surface area contributed by atoms with E-state index in [2.05, 4.69) is 20.9 Å². The van der Waals surface area contributed by atoms with Crippen LogP contribution in [0, 0.1) is 21.4 Å². The van der Waals surface area contributed by atoms with E-state index in [9.17, 15) is 18.9 Å². The van der Waals surface area contributed by atoms with Gasteiger partial charge in [0.25, 0.3) is 6.43 Å². The van der Waals surface area contributed by atoms with Crippen LogP contribution < -0.4 is 0 Å². The van der Waals surface area contributed by atoms with Gasteiger partial charge in [-0.05, 0) is 6.07 Å². The van der Waals surface area contributed by atoms with Crippen molar-refractivity contribution in [3.8, 4) is 6.07 Å². The number of nitriles is 1. The molecule has 84 valence electrons. The molecule has 0 amide bonds. The summed E-state index contributed by atoms with van der Waals surface area (Å²) in [4.78, 5) is 13.3. The van der Waals surface area contributed by atoms with Gasteiger partial charge in [-0.15, -0.1) is 0 Å². The minimum absolute atomic E-state index is 0.0709. The van der Waals surface area contributed by atoms with Crippen LogP contribution in [0.15, 0.2) is 6.07 Å². The lowest BCUT2D eigenvalue weighted by Crippen LogP contribution is -2.03. The Morgan fingerprint density at radius 2 is 2.31 bits per heavy atom. The largest absolute Gasteiger partial charge is 0.309 e. The van der Waals surface area contributed by atoms with Crippen LogP contribution in [0.25, 0.3) is 0 Å². The van der Waals surface area contributed by atoms with Gasteiger partial charge in [0, 0.05) is 0 Å². The first-order valence-corrected chi connectivity index (χ1v) is 5.05. The standard InChI is InChI=1S/C8H4BrF2N3O2/c9-2-6-7(14(15)16)4(3-12)1-5(13-6)8(10)11/h1,8H,2H2. The second-order valence-corrected chi connectivity index (χ2v) is 3.25. The van der Waals surface area contributed by atoms with Crippen molar-refractivity contribution in [1.82, 2.24) is 4.98 Å². The molecule has 0 fully saturated rings. The summed E-state index contributed by atoms with van der Waals surface area (Å²) in [5.74, 6) is 0. The molecule has 0 bridgehead atoms. The first-order valence-electron chi connectivity index (χ1n) is 3.93. The number of rotatable bonds is 3.